The van der Waals surface area contributed by atoms with Gasteiger partial charge in [0.1, 0.15) is 0 Å². The van der Waals surface area contributed by atoms with Gasteiger partial charge in [0, 0.05) is 63.8 Å². The Kier molecular flexibility index (Phi) is 10.8. The minimum absolute atomic E-state index is 0. The van der Waals surface area contributed by atoms with Crippen molar-refractivity contribution < 1.29 is 9.53 Å². The van der Waals surface area contributed by atoms with E-state index in [1.165, 1.54) is 0 Å². The van der Waals surface area contributed by atoms with Gasteiger partial charge >= 0.3 is 0 Å². The van der Waals surface area contributed by atoms with Crippen molar-refractivity contribution in [3.8, 4) is 0 Å². The molecule has 3 aliphatic heterocycles. The molecule has 0 unspecified atom stereocenters. The quantitative estimate of drug-likeness (QED) is 0.315. The molecule has 0 atom stereocenters. The fraction of sp³-hybridized carbons (Fsp3) is 0.900. The number of halogens is 1. The molecule has 7 nitrogen and oxygen atoms in total. The molecular formula is C20H38IN5O2S. The molecule has 0 saturated carbocycles. The van der Waals surface area contributed by atoms with Crippen LogP contribution in [0.3, 0.4) is 0 Å². The van der Waals surface area contributed by atoms with E-state index >= 15 is 0 Å². The van der Waals surface area contributed by atoms with Gasteiger partial charge in [0.25, 0.3) is 0 Å². The fourth-order valence-electron chi connectivity index (χ4n) is 4.19. The fourth-order valence-corrected chi connectivity index (χ4v) is 4.96. The number of hydrogen-bond donors (Lipinski definition) is 1. The normalized spacial score (nSPS) is 23.0. The maximum Gasteiger partial charge on any atom is 0.236 e. The monoisotopic (exact) mass is 539 g/mol. The first-order chi connectivity index (χ1) is 13.7. The van der Waals surface area contributed by atoms with Crippen LogP contribution in [-0.2, 0) is 9.53 Å². The highest BCUT2D eigenvalue weighted by atomic mass is 127. The number of aliphatic imine (C=N–C) groups is 1. The molecule has 3 fully saturated rings. The second kappa shape index (κ2) is 12.6. The number of ether oxygens (including phenoxy) is 1. The highest BCUT2D eigenvalue weighted by Gasteiger charge is 2.32. The molecule has 0 aromatic carbocycles. The van der Waals surface area contributed by atoms with Crippen LogP contribution in [0.2, 0.25) is 0 Å². The zero-order chi connectivity index (χ0) is 19.8. The van der Waals surface area contributed by atoms with Crippen LogP contribution in [0, 0.1) is 0 Å². The molecule has 168 valence electrons. The Morgan fingerprint density at radius 1 is 1.07 bits per heavy atom. The van der Waals surface area contributed by atoms with Gasteiger partial charge < -0.3 is 19.9 Å². The van der Waals surface area contributed by atoms with E-state index in [1.54, 1.807) is 0 Å². The molecule has 1 amide bonds. The van der Waals surface area contributed by atoms with Crippen molar-refractivity contribution in [1.82, 2.24) is 20.0 Å². The summed E-state index contributed by atoms with van der Waals surface area (Å²) in [5, 5.41) is 3.48. The van der Waals surface area contributed by atoms with Crippen molar-refractivity contribution >= 4 is 47.6 Å². The third-order valence-electron chi connectivity index (χ3n) is 6.18. The smallest absolute Gasteiger partial charge is 0.236 e. The highest BCUT2D eigenvalue weighted by Crippen LogP contribution is 2.34. The zero-order valence-corrected chi connectivity index (χ0v) is 21.2. The number of thioether (sulfide) groups is 1. The molecule has 3 rings (SSSR count). The number of nitrogens with zero attached hydrogens (tertiary/aromatic N) is 4. The van der Waals surface area contributed by atoms with Crippen LogP contribution in [0.5, 0.6) is 0 Å². The standard InChI is InChI=1S/C20H37N5O2S.HI/c1-3-21-19(22-17-20(28-2)6-14-27-15-7-20)25-12-10-23(11-13-25)16-18(26)24-8-4-5-9-24;/h3-17H2,1-2H3,(H,21,22);1H. The van der Waals surface area contributed by atoms with Crippen LogP contribution < -0.4 is 5.32 Å². The second-order valence-corrected chi connectivity index (χ2v) is 9.30. The van der Waals surface area contributed by atoms with Crippen molar-refractivity contribution in [2.24, 2.45) is 4.99 Å². The second-order valence-electron chi connectivity index (χ2n) is 8.02. The number of carbonyl (C=O) groups is 1. The van der Waals surface area contributed by atoms with Crippen LogP contribution in [0.4, 0.5) is 0 Å². The molecule has 0 aliphatic carbocycles. The van der Waals surface area contributed by atoms with Crippen LogP contribution in [-0.4, -0.2) is 110 Å². The molecule has 0 bridgehead atoms. The molecule has 0 aromatic heterocycles. The average molecular weight is 540 g/mol. The van der Waals surface area contributed by atoms with Gasteiger partial charge in [0.05, 0.1) is 13.1 Å². The Balaban J connectivity index is 0.00000300. The number of piperazine rings is 1. The van der Waals surface area contributed by atoms with Gasteiger partial charge in [-0.3, -0.25) is 14.7 Å². The largest absolute Gasteiger partial charge is 0.381 e. The summed E-state index contributed by atoms with van der Waals surface area (Å²) in [5.74, 6) is 1.32. The first kappa shape index (κ1) is 25.0. The van der Waals surface area contributed by atoms with Gasteiger partial charge in [0.15, 0.2) is 5.96 Å². The maximum absolute atomic E-state index is 12.4. The van der Waals surface area contributed by atoms with Gasteiger partial charge in [-0.25, -0.2) is 0 Å². The average Bonchev–Trinajstić information content (AvgIpc) is 3.28. The number of carbonyl (C=O) groups excluding carboxylic acids is 1. The summed E-state index contributed by atoms with van der Waals surface area (Å²) in [7, 11) is 0. The first-order valence-electron chi connectivity index (χ1n) is 10.8. The van der Waals surface area contributed by atoms with E-state index in [9.17, 15) is 4.79 Å². The Labute approximate surface area is 197 Å². The van der Waals surface area contributed by atoms with Gasteiger partial charge in [-0.15, -0.1) is 24.0 Å². The number of hydrogen-bond acceptors (Lipinski definition) is 5. The predicted molar refractivity (Wildman–Crippen MR) is 132 cm³/mol. The molecule has 0 aromatic rings. The lowest BCUT2D eigenvalue weighted by Gasteiger charge is -2.38. The van der Waals surface area contributed by atoms with Crippen molar-refractivity contribution in [1.29, 1.82) is 0 Å². The van der Waals surface area contributed by atoms with Crippen molar-refractivity contribution in [3.05, 3.63) is 0 Å². The predicted octanol–water partition coefficient (Wildman–Crippen LogP) is 1.72. The summed E-state index contributed by atoms with van der Waals surface area (Å²) in [6, 6.07) is 0. The molecule has 29 heavy (non-hydrogen) atoms. The van der Waals surface area contributed by atoms with Crippen molar-refractivity contribution in [3.63, 3.8) is 0 Å². The molecule has 0 spiro atoms. The Morgan fingerprint density at radius 2 is 1.72 bits per heavy atom. The number of rotatable bonds is 6. The van der Waals surface area contributed by atoms with Gasteiger partial charge in [0.2, 0.25) is 5.91 Å². The molecule has 3 aliphatic rings. The van der Waals surface area contributed by atoms with Gasteiger partial charge in [-0.05, 0) is 38.9 Å². The van der Waals surface area contributed by atoms with Gasteiger partial charge in [-0.2, -0.15) is 11.8 Å². The Bertz CT molecular complexity index is 531. The minimum atomic E-state index is 0. The zero-order valence-electron chi connectivity index (χ0n) is 18.0. The van der Waals surface area contributed by atoms with E-state index in [4.69, 9.17) is 9.73 Å². The third-order valence-corrected chi connectivity index (χ3v) is 7.58. The Morgan fingerprint density at radius 3 is 2.31 bits per heavy atom. The lowest BCUT2D eigenvalue weighted by atomic mass is 9.99. The molecule has 3 heterocycles. The van der Waals surface area contributed by atoms with E-state index in [2.05, 4.69) is 28.3 Å². The SMILES string of the molecule is CCNC(=NCC1(SC)CCOCC1)N1CCN(CC(=O)N2CCCC2)CC1.I. The minimum Gasteiger partial charge on any atom is -0.381 e. The summed E-state index contributed by atoms with van der Waals surface area (Å²) in [6.45, 7) is 11.7. The molecule has 3 saturated heterocycles. The highest BCUT2D eigenvalue weighted by molar-refractivity contribution is 14.0. The van der Waals surface area contributed by atoms with Crippen LogP contribution in [0.1, 0.15) is 32.6 Å². The summed E-state index contributed by atoms with van der Waals surface area (Å²) >= 11 is 1.94. The lowest BCUT2D eigenvalue weighted by Crippen LogP contribution is -2.54. The van der Waals surface area contributed by atoms with E-state index in [1.807, 2.05) is 16.7 Å². The Hall–Kier alpha value is -0.260. The van der Waals surface area contributed by atoms with E-state index in [0.29, 0.717) is 12.5 Å². The third kappa shape index (κ3) is 7.14. The van der Waals surface area contributed by atoms with E-state index in [0.717, 1.165) is 97.2 Å². The molecule has 1 N–H and O–H groups in total. The summed E-state index contributed by atoms with van der Waals surface area (Å²) in [4.78, 5) is 24.1. The summed E-state index contributed by atoms with van der Waals surface area (Å²) in [5.41, 5.74) is 0. The number of nitrogens with one attached hydrogen (secondary N) is 1. The van der Waals surface area contributed by atoms with Crippen LogP contribution >= 0.6 is 35.7 Å². The summed E-state index contributed by atoms with van der Waals surface area (Å²) in [6.07, 6.45) is 6.66. The first-order valence-corrected chi connectivity index (χ1v) is 12.0. The lowest BCUT2D eigenvalue weighted by molar-refractivity contribution is -0.131. The van der Waals surface area contributed by atoms with Crippen LogP contribution in [0.15, 0.2) is 4.99 Å². The maximum atomic E-state index is 12.4. The number of likely N-dealkylation sites (tertiary alicyclic amines) is 1. The van der Waals surface area contributed by atoms with E-state index in [-0.39, 0.29) is 28.7 Å². The number of amides is 1. The summed E-state index contributed by atoms with van der Waals surface area (Å²) < 4.78 is 5.76. The van der Waals surface area contributed by atoms with E-state index < -0.39 is 0 Å². The van der Waals surface area contributed by atoms with Crippen LogP contribution in [0.25, 0.3) is 0 Å². The van der Waals surface area contributed by atoms with Gasteiger partial charge in [-0.1, -0.05) is 0 Å². The van der Waals surface area contributed by atoms with Crippen molar-refractivity contribution in [2.45, 2.75) is 37.4 Å². The molecule has 9 heteroatoms. The topological polar surface area (TPSA) is 60.4 Å². The molecule has 0 radical (unpaired) electrons. The van der Waals surface area contributed by atoms with Crippen molar-refractivity contribution in [2.75, 3.05) is 78.4 Å². The number of guanidine groups is 1. The molecular weight excluding hydrogens is 501 g/mol.